The first-order chi connectivity index (χ1) is 18.5. The van der Waals surface area contributed by atoms with Crippen LogP contribution in [0.3, 0.4) is 0 Å². The van der Waals surface area contributed by atoms with E-state index in [0.29, 0.717) is 12.8 Å². The van der Waals surface area contributed by atoms with Gasteiger partial charge in [0.25, 0.3) is 0 Å². The van der Waals surface area contributed by atoms with Gasteiger partial charge in [0.1, 0.15) is 23.0 Å². The van der Waals surface area contributed by atoms with Gasteiger partial charge < -0.3 is 29.3 Å². The van der Waals surface area contributed by atoms with Crippen LogP contribution in [0.1, 0.15) is 46.2 Å². The largest absolute Gasteiger partial charge is 1.00 e. The van der Waals surface area contributed by atoms with E-state index in [-0.39, 0.29) is 72.0 Å². The van der Waals surface area contributed by atoms with E-state index in [9.17, 15) is 19.8 Å². The minimum atomic E-state index is -1.03. The summed E-state index contributed by atoms with van der Waals surface area (Å²) < 4.78 is 11.9. The Labute approximate surface area is 277 Å². The minimum Gasteiger partial charge on any atom is -0.550 e. The molecule has 4 aromatic carbocycles. The number of para-hydroxylation sites is 4. The number of hydrogen-bond donors (Lipinski definition) is 0. The van der Waals surface area contributed by atoms with Crippen molar-refractivity contribution in [2.24, 2.45) is 0 Å². The molecule has 0 spiro atoms. The van der Waals surface area contributed by atoms with Crippen LogP contribution < -0.4 is 78.8 Å². The molecular formula is C32H26Na2O6. The summed E-state index contributed by atoms with van der Waals surface area (Å²) in [5.74, 6) is 1.26. The molecule has 8 heteroatoms. The first-order valence-electron chi connectivity index (χ1n) is 12.6. The van der Waals surface area contributed by atoms with Gasteiger partial charge in [0.15, 0.2) is 0 Å². The Kier molecular flexibility index (Phi) is 11.9. The van der Waals surface area contributed by atoms with E-state index < -0.39 is 11.9 Å². The topological polar surface area (TPSA) is 98.7 Å². The van der Waals surface area contributed by atoms with Gasteiger partial charge in [0.05, 0.1) is 0 Å². The molecule has 0 saturated heterocycles. The second kappa shape index (κ2) is 14.9. The average molecular weight is 553 g/mol. The van der Waals surface area contributed by atoms with Gasteiger partial charge in [-0.2, -0.15) is 0 Å². The number of carbonyl (C=O) groups is 2. The molecule has 0 aliphatic carbocycles. The van der Waals surface area contributed by atoms with Crippen LogP contribution >= 0.6 is 0 Å². The average Bonchev–Trinajstić information content (AvgIpc) is 2.93. The van der Waals surface area contributed by atoms with Crippen LogP contribution in [0.4, 0.5) is 0 Å². The van der Waals surface area contributed by atoms with Crippen LogP contribution in [0.25, 0.3) is 0 Å². The number of rotatable bonds is 6. The number of ether oxygens (including phenoxy) is 2. The molecule has 0 radical (unpaired) electrons. The number of benzene rings is 4. The Bertz CT molecular complexity index is 1390. The molecule has 0 unspecified atom stereocenters. The van der Waals surface area contributed by atoms with Crippen molar-refractivity contribution < 1.29 is 88.4 Å². The van der Waals surface area contributed by atoms with Crippen LogP contribution in [-0.4, -0.2) is 11.9 Å². The quantitative estimate of drug-likeness (QED) is 0.225. The molecule has 0 aromatic heterocycles. The molecule has 40 heavy (non-hydrogen) atoms. The van der Waals surface area contributed by atoms with E-state index in [1.165, 1.54) is 0 Å². The summed E-state index contributed by atoms with van der Waals surface area (Å²) in [5, 5.41) is 21.2. The molecule has 0 fully saturated rings. The second-order valence-corrected chi connectivity index (χ2v) is 9.33. The third kappa shape index (κ3) is 7.78. The summed E-state index contributed by atoms with van der Waals surface area (Å²) in [6.45, 7) is 0. The number of aliphatic carboxylic acids is 2. The summed E-state index contributed by atoms with van der Waals surface area (Å²) >= 11 is 0. The van der Waals surface area contributed by atoms with Crippen LogP contribution in [0.15, 0.2) is 84.9 Å². The standard InChI is InChI=1S/2C16H14O3.2Na/c2*17-15(18)9-8-11-5-3-6-13-10-12-4-1-2-7-14(12)19-16(11)13;;/h2*1-7H,8-10H2,(H,17,18);;/q;;2*+1/p-2. The van der Waals surface area contributed by atoms with Gasteiger partial charge >= 0.3 is 59.1 Å². The molecule has 2 heterocycles. The van der Waals surface area contributed by atoms with Crippen LogP contribution in [0, 0.1) is 0 Å². The molecule has 0 saturated carbocycles. The van der Waals surface area contributed by atoms with Crippen molar-refractivity contribution in [1.82, 2.24) is 0 Å². The number of hydrogen-bond acceptors (Lipinski definition) is 6. The van der Waals surface area contributed by atoms with E-state index in [1.807, 2.05) is 84.9 Å². The van der Waals surface area contributed by atoms with Crippen LogP contribution in [0.5, 0.6) is 23.0 Å². The maximum absolute atomic E-state index is 10.6. The van der Waals surface area contributed by atoms with E-state index >= 15 is 0 Å². The van der Waals surface area contributed by atoms with Gasteiger partial charge in [-0.05, 0) is 71.2 Å². The summed E-state index contributed by atoms with van der Waals surface area (Å²) in [7, 11) is 0. The molecule has 0 atom stereocenters. The zero-order valence-corrected chi connectivity index (χ0v) is 26.8. The minimum absolute atomic E-state index is 0. The monoisotopic (exact) mass is 552 g/mol. The number of carboxylic acid groups (broad SMARTS) is 2. The predicted molar refractivity (Wildman–Crippen MR) is 138 cm³/mol. The van der Waals surface area contributed by atoms with Crippen molar-refractivity contribution >= 4 is 11.9 Å². The fraction of sp³-hybridized carbons (Fsp3) is 0.188. The van der Waals surface area contributed by atoms with Crippen LogP contribution in [-0.2, 0) is 35.3 Å². The maximum Gasteiger partial charge on any atom is 1.00 e. The molecule has 0 N–H and O–H groups in total. The van der Waals surface area contributed by atoms with Gasteiger partial charge in [-0.3, -0.25) is 0 Å². The van der Waals surface area contributed by atoms with Gasteiger partial charge in [-0.25, -0.2) is 0 Å². The molecule has 6 rings (SSSR count). The van der Waals surface area contributed by atoms with Crippen molar-refractivity contribution in [2.45, 2.75) is 38.5 Å². The van der Waals surface area contributed by atoms with Crippen LogP contribution in [0.2, 0.25) is 0 Å². The first-order valence-corrected chi connectivity index (χ1v) is 12.6. The van der Waals surface area contributed by atoms with Crippen molar-refractivity contribution in [3.63, 3.8) is 0 Å². The predicted octanol–water partition coefficient (Wildman–Crippen LogP) is -1.86. The molecule has 2 aliphatic heterocycles. The molecule has 4 aromatic rings. The van der Waals surface area contributed by atoms with E-state index in [4.69, 9.17) is 9.47 Å². The molecule has 0 amide bonds. The Morgan fingerprint density at radius 2 is 0.925 bits per heavy atom. The summed E-state index contributed by atoms with van der Waals surface area (Å²) in [6.07, 6.45) is 2.56. The van der Waals surface area contributed by atoms with E-state index in [0.717, 1.165) is 69.2 Å². The van der Waals surface area contributed by atoms with E-state index in [2.05, 4.69) is 0 Å². The smallest absolute Gasteiger partial charge is 0.550 e. The van der Waals surface area contributed by atoms with Crippen molar-refractivity contribution in [2.75, 3.05) is 0 Å². The SMILES string of the molecule is O=C([O-])CCc1cccc2c1Oc1ccccc1C2.O=C([O-])CCc1cccc2c1Oc1ccccc1C2.[Na+].[Na+]. The number of carboxylic acids is 2. The summed E-state index contributed by atoms with van der Waals surface area (Å²) in [5.41, 5.74) is 6.38. The van der Waals surface area contributed by atoms with Gasteiger partial charge in [-0.15, -0.1) is 0 Å². The third-order valence-corrected chi connectivity index (χ3v) is 6.68. The molecule has 2 aliphatic rings. The van der Waals surface area contributed by atoms with Crippen molar-refractivity contribution in [3.8, 4) is 23.0 Å². The summed E-state index contributed by atoms with van der Waals surface area (Å²) in [4.78, 5) is 21.2. The number of carbonyl (C=O) groups excluding carboxylic acids is 2. The fourth-order valence-corrected chi connectivity index (χ4v) is 4.81. The molecule has 192 valence electrons. The van der Waals surface area contributed by atoms with E-state index in [1.54, 1.807) is 0 Å². The Morgan fingerprint density at radius 3 is 1.32 bits per heavy atom. The van der Waals surface area contributed by atoms with Gasteiger partial charge in [0.2, 0.25) is 0 Å². The maximum atomic E-state index is 10.6. The summed E-state index contributed by atoms with van der Waals surface area (Å²) in [6, 6.07) is 27.6. The van der Waals surface area contributed by atoms with Gasteiger partial charge in [0, 0.05) is 24.8 Å². The normalized spacial score (nSPS) is 11.6. The Morgan fingerprint density at radius 1 is 0.550 bits per heavy atom. The number of fused-ring (bicyclic) bond motifs is 4. The second-order valence-electron chi connectivity index (χ2n) is 9.33. The van der Waals surface area contributed by atoms with Crippen molar-refractivity contribution in [3.05, 3.63) is 118 Å². The Hall–Kier alpha value is -2.58. The zero-order chi connectivity index (χ0) is 26.5. The molecule has 6 nitrogen and oxygen atoms in total. The third-order valence-electron chi connectivity index (χ3n) is 6.68. The van der Waals surface area contributed by atoms with Gasteiger partial charge in [-0.1, -0.05) is 72.8 Å². The number of aryl methyl sites for hydroxylation is 2. The molecule has 0 bridgehead atoms. The zero-order valence-electron chi connectivity index (χ0n) is 22.8. The van der Waals surface area contributed by atoms with Crippen molar-refractivity contribution in [1.29, 1.82) is 0 Å². The molecular weight excluding hydrogens is 526 g/mol. The fourth-order valence-electron chi connectivity index (χ4n) is 4.81. The Balaban J connectivity index is 0.000000210. The first kappa shape index (κ1) is 31.9.